The molecule has 114 valence electrons. The van der Waals surface area contributed by atoms with E-state index in [-0.39, 0.29) is 17.3 Å². The highest BCUT2D eigenvalue weighted by Gasteiger charge is 2.14. The van der Waals surface area contributed by atoms with Gasteiger partial charge in [0.25, 0.3) is 10.0 Å². The van der Waals surface area contributed by atoms with Crippen molar-refractivity contribution in [2.75, 3.05) is 29.5 Å². The van der Waals surface area contributed by atoms with Gasteiger partial charge in [0.1, 0.15) is 0 Å². The Morgan fingerprint density at radius 3 is 2.24 bits per heavy atom. The number of nitrogens with zero attached hydrogens (tertiary/aromatic N) is 1. The highest BCUT2D eigenvalue weighted by molar-refractivity contribution is 7.92. The molecule has 21 heavy (non-hydrogen) atoms. The molecule has 2 aromatic carbocycles. The number of rotatable bonds is 4. The summed E-state index contributed by atoms with van der Waals surface area (Å²) in [5, 5.41) is 0. The number of nitrogens with two attached hydrogens (primary N) is 1. The van der Waals surface area contributed by atoms with Gasteiger partial charge < -0.3 is 10.6 Å². The molecular formula is C14H18ClN3O2S. The second-order valence-corrected chi connectivity index (χ2v) is 6.30. The molecule has 0 spiro atoms. The molecule has 0 aliphatic carbocycles. The minimum Gasteiger partial charge on any atom is -0.399 e. The second-order valence-electron chi connectivity index (χ2n) is 4.62. The molecule has 0 saturated carbocycles. The van der Waals surface area contributed by atoms with Crippen molar-refractivity contribution in [1.82, 2.24) is 0 Å². The van der Waals surface area contributed by atoms with E-state index in [1.165, 1.54) is 12.1 Å². The number of nitrogen functional groups attached to an aromatic ring is 1. The largest absolute Gasteiger partial charge is 0.399 e. The molecule has 0 aliphatic rings. The summed E-state index contributed by atoms with van der Waals surface area (Å²) < 4.78 is 27.0. The predicted octanol–water partition coefficient (Wildman–Crippen LogP) is 2.56. The summed E-state index contributed by atoms with van der Waals surface area (Å²) in [7, 11) is 0.196. The molecule has 0 saturated heterocycles. The van der Waals surface area contributed by atoms with Crippen LogP contribution >= 0.6 is 12.4 Å². The normalized spacial score (nSPS) is 10.6. The van der Waals surface area contributed by atoms with Gasteiger partial charge in [-0.1, -0.05) is 6.07 Å². The minimum atomic E-state index is -3.60. The van der Waals surface area contributed by atoms with Crippen molar-refractivity contribution in [3.05, 3.63) is 48.5 Å². The first-order valence-electron chi connectivity index (χ1n) is 6.04. The number of hydrogen-bond acceptors (Lipinski definition) is 4. The summed E-state index contributed by atoms with van der Waals surface area (Å²) in [6.07, 6.45) is 0. The molecule has 0 radical (unpaired) electrons. The van der Waals surface area contributed by atoms with Crippen LogP contribution in [0.5, 0.6) is 0 Å². The van der Waals surface area contributed by atoms with Crippen LogP contribution in [0.15, 0.2) is 53.4 Å². The summed E-state index contributed by atoms with van der Waals surface area (Å²) in [4.78, 5) is 2.09. The Morgan fingerprint density at radius 2 is 1.67 bits per heavy atom. The highest BCUT2D eigenvalue weighted by Crippen LogP contribution is 2.21. The summed E-state index contributed by atoms with van der Waals surface area (Å²) in [6.45, 7) is 0. The van der Waals surface area contributed by atoms with Gasteiger partial charge in [-0.15, -0.1) is 12.4 Å². The van der Waals surface area contributed by atoms with Gasteiger partial charge in [0.05, 0.1) is 10.6 Å². The van der Waals surface area contributed by atoms with E-state index in [1.807, 2.05) is 25.1 Å². The van der Waals surface area contributed by atoms with Crippen molar-refractivity contribution in [3.63, 3.8) is 0 Å². The van der Waals surface area contributed by atoms with Crippen LogP contribution in [0.3, 0.4) is 0 Å². The van der Waals surface area contributed by atoms with E-state index < -0.39 is 10.0 Å². The fraction of sp³-hybridized carbons (Fsp3) is 0.143. The van der Waals surface area contributed by atoms with Crippen LogP contribution in [0.4, 0.5) is 17.1 Å². The first-order valence-corrected chi connectivity index (χ1v) is 7.52. The Labute approximate surface area is 131 Å². The van der Waals surface area contributed by atoms with E-state index in [9.17, 15) is 8.42 Å². The Hall–Kier alpha value is -1.92. The molecule has 0 unspecified atom stereocenters. The minimum absolute atomic E-state index is 0. The van der Waals surface area contributed by atoms with Crippen LogP contribution in [0.25, 0.3) is 0 Å². The lowest BCUT2D eigenvalue weighted by atomic mass is 10.3. The smallest absolute Gasteiger partial charge is 0.261 e. The Kier molecular flexibility index (Phi) is 5.46. The number of halogens is 1. The topological polar surface area (TPSA) is 75.4 Å². The summed E-state index contributed by atoms with van der Waals surface area (Å²) >= 11 is 0. The zero-order valence-corrected chi connectivity index (χ0v) is 13.4. The molecule has 3 N–H and O–H groups in total. The summed E-state index contributed by atoms with van der Waals surface area (Å²) in [6, 6.07) is 13.3. The number of anilines is 3. The van der Waals surface area contributed by atoms with Crippen molar-refractivity contribution >= 4 is 39.5 Å². The zero-order valence-electron chi connectivity index (χ0n) is 11.8. The van der Waals surface area contributed by atoms with E-state index in [2.05, 4.69) is 4.72 Å². The van der Waals surface area contributed by atoms with Crippen LogP contribution in [0, 0.1) is 0 Å². The molecule has 0 heterocycles. The third kappa shape index (κ3) is 4.27. The molecule has 0 bridgehead atoms. The molecule has 2 rings (SSSR count). The molecular weight excluding hydrogens is 310 g/mol. The first kappa shape index (κ1) is 17.1. The van der Waals surface area contributed by atoms with Gasteiger partial charge in [0.2, 0.25) is 0 Å². The zero-order chi connectivity index (χ0) is 14.8. The maximum absolute atomic E-state index is 12.2. The van der Waals surface area contributed by atoms with Crippen LogP contribution in [0.1, 0.15) is 0 Å². The standard InChI is InChI=1S/C14H17N3O2S.ClH/c1-17(2)13-5-3-4-12(10-13)16-20(18,19)14-8-6-11(15)7-9-14;/h3-10,16H,15H2,1-2H3;1H. The third-order valence-electron chi connectivity index (χ3n) is 2.81. The van der Waals surface area contributed by atoms with Crippen molar-refractivity contribution in [1.29, 1.82) is 0 Å². The molecule has 0 aliphatic heterocycles. The van der Waals surface area contributed by atoms with Gasteiger partial charge in [-0.2, -0.15) is 0 Å². The van der Waals surface area contributed by atoms with Crippen LogP contribution in [-0.4, -0.2) is 22.5 Å². The van der Waals surface area contributed by atoms with Gasteiger partial charge in [0, 0.05) is 25.5 Å². The van der Waals surface area contributed by atoms with Gasteiger partial charge in [-0.3, -0.25) is 4.72 Å². The number of nitrogens with one attached hydrogen (secondary N) is 1. The first-order chi connectivity index (χ1) is 9.38. The predicted molar refractivity (Wildman–Crippen MR) is 89.7 cm³/mol. The molecule has 0 atom stereocenters. The summed E-state index contributed by atoms with van der Waals surface area (Å²) in [5.74, 6) is 0. The quantitative estimate of drug-likeness (QED) is 0.846. The lowest BCUT2D eigenvalue weighted by molar-refractivity contribution is 0.601. The van der Waals surface area contributed by atoms with E-state index in [4.69, 9.17) is 5.73 Å². The number of hydrogen-bond donors (Lipinski definition) is 2. The summed E-state index contributed by atoms with van der Waals surface area (Å²) in [5.41, 5.74) is 7.52. The molecule has 7 heteroatoms. The molecule has 5 nitrogen and oxygen atoms in total. The Morgan fingerprint density at radius 1 is 1.05 bits per heavy atom. The van der Waals surface area contributed by atoms with E-state index in [0.29, 0.717) is 11.4 Å². The fourth-order valence-electron chi connectivity index (χ4n) is 1.71. The third-order valence-corrected chi connectivity index (χ3v) is 4.20. The number of benzene rings is 2. The van der Waals surface area contributed by atoms with Gasteiger partial charge in [0.15, 0.2) is 0 Å². The van der Waals surface area contributed by atoms with Crippen LogP contribution < -0.4 is 15.4 Å². The highest BCUT2D eigenvalue weighted by atomic mass is 35.5. The van der Waals surface area contributed by atoms with Crippen molar-refractivity contribution < 1.29 is 8.42 Å². The van der Waals surface area contributed by atoms with Gasteiger partial charge in [-0.05, 0) is 42.5 Å². The van der Waals surface area contributed by atoms with E-state index >= 15 is 0 Å². The van der Waals surface area contributed by atoms with Crippen LogP contribution in [0.2, 0.25) is 0 Å². The molecule has 2 aromatic rings. The molecule has 0 aromatic heterocycles. The Bertz CT molecular complexity index is 700. The SMILES string of the molecule is CN(C)c1cccc(NS(=O)(=O)c2ccc(N)cc2)c1.Cl. The average Bonchev–Trinajstić information content (AvgIpc) is 2.39. The van der Waals surface area contributed by atoms with Crippen molar-refractivity contribution in [2.24, 2.45) is 0 Å². The second kappa shape index (κ2) is 6.69. The maximum Gasteiger partial charge on any atom is 0.261 e. The lowest BCUT2D eigenvalue weighted by Crippen LogP contribution is -2.14. The molecule has 0 amide bonds. The fourth-order valence-corrected chi connectivity index (χ4v) is 2.76. The van der Waals surface area contributed by atoms with Crippen molar-refractivity contribution in [2.45, 2.75) is 4.90 Å². The van der Waals surface area contributed by atoms with E-state index in [0.717, 1.165) is 5.69 Å². The van der Waals surface area contributed by atoms with E-state index in [1.54, 1.807) is 30.3 Å². The van der Waals surface area contributed by atoms with Gasteiger partial charge >= 0.3 is 0 Å². The number of sulfonamides is 1. The maximum atomic E-state index is 12.2. The van der Waals surface area contributed by atoms with Crippen LogP contribution in [-0.2, 0) is 10.0 Å². The van der Waals surface area contributed by atoms with Gasteiger partial charge in [-0.25, -0.2) is 8.42 Å². The average molecular weight is 328 g/mol. The Balaban J connectivity index is 0.00000220. The lowest BCUT2D eigenvalue weighted by Gasteiger charge is -2.14. The monoisotopic (exact) mass is 327 g/mol. The van der Waals surface area contributed by atoms with Crippen molar-refractivity contribution in [3.8, 4) is 0 Å². The molecule has 0 fully saturated rings.